The van der Waals surface area contributed by atoms with Crippen molar-refractivity contribution in [3.8, 4) is 23.8 Å². The number of carbonyl (C=O) groups excluding carboxylic acids is 1. The predicted molar refractivity (Wildman–Crippen MR) is 61.7 cm³/mol. The SMILES string of the molecule is C#CCNC(=O)OCc1ccc(O)c(OC)c1. The molecule has 0 fully saturated rings. The zero-order valence-corrected chi connectivity index (χ0v) is 9.40. The Morgan fingerprint density at radius 3 is 3.00 bits per heavy atom. The van der Waals surface area contributed by atoms with Gasteiger partial charge in [-0.2, -0.15) is 0 Å². The zero-order chi connectivity index (χ0) is 12.7. The zero-order valence-electron chi connectivity index (χ0n) is 9.40. The summed E-state index contributed by atoms with van der Waals surface area (Å²) in [5.41, 5.74) is 0.704. The van der Waals surface area contributed by atoms with E-state index < -0.39 is 6.09 Å². The maximum absolute atomic E-state index is 11.1. The Balaban J connectivity index is 2.52. The summed E-state index contributed by atoms with van der Waals surface area (Å²) in [4.78, 5) is 11.1. The van der Waals surface area contributed by atoms with E-state index in [1.807, 2.05) is 0 Å². The van der Waals surface area contributed by atoms with Crippen molar-refractivity contribution in [2.45, 2.75) is 6.61 Å². The summed E-state index contributed by atoms with van der Waals surface area (Å²) >= 11 is 0. The van der Waals surface area contributed by atoms with Crippen LogP contribution in [0.5, 0.6) is 11.5 Å². The first-order chi connectivity index (χ1) is 8.17. The van der Waals surface area contributed by atoms with Gasteiger partial charge < -0.3 is 19.9 Å². The number of terminal acetylenes is 1. The highest BCUT2D eigenvalue weighted by atomic mass is 16.5. The molecule has 0 aliphatic carbocycles. The number of methoxy groups -OCH3 is 1. The molecule has 1 amide bonds. The number of hydrogen-bond donors (Lipinski definition) is 2. The molecule has 0 saturated carbocycles. The third kappa shape index (κ3) is 3.95. The number of alkyl carbamates (subject to hydrolysis) is 1. The van der Waals surface area contributed by atoms with Gasteiger partial charge in [-0.1, -0.05) is 12.0 Å². The number of phenolic OH excluding ortho intramolecular Hbond substituents is 1. The second-order valence-corrected chi connectivity index (χ2v) is 3.14. The van der Waals surface area contributed by atoms with Crippen molar-refractivity contribution < 1.29 is 19.4 Å². The molecular weight excluding hydrogens is 222 g/mol. The third-order valence-corrected chi connectivity index (χ3v) is 1.95. The molecule has 1 rings (SSSR count). The minimum absolute atomic E-state index is 0.0352. The van der Waals surface area contributed by atoms with Gasteiger partial charge in [0.05, 0.1) is 13.7 Å². The van der Waals surface area contributed by atoms with Crippen LogP contribution in [-0.2, 0) is 11.3 Å². The fraction of sp³-hybridized carbons (Fsp3) is 0.250. The second kappa shape index (κ2) is 6.28. The summed E-state index contributed by atoms with van der Waals surface area (Å²) < 4.78 is 9.81. The van der Waals surface area contributed by atoms with Crippen LogP contribution < -0.4 is 10.1 Å². The minimum Gasteiger partial charge on any atom is -0.504 e. The molecular formula is C12H13NO4. The van der Waals surface area contributed by atoms with Crippen LogP contribution in [0.1, 0.15) is 5.56 Å². The highest BCUT2D eigenvalue weighted by Gasteiger charge is 2.05. The number of ether oxygens (including phenoxy) is 2. The topological polar surface area (TPSA) is 67.8 Å². The first-order valence-electron chi connectivity index (χ1n) is 4.87. The summed E-state index contributed by atoms with van der Waals surface area (Å²) in [7, 11) is 1.44. The summed E-state index contributed by atoms with van der Waals surface area (Å²) in [6.45, 7) is 0.199. The third-order valence-electron chi connectivity index (χ3n) is 1.95. The van der Waals surface area contributed by atoms with E-state index in [0.717, 1.165) is 0 Å². The Kier molecular flexibility index (Phi) is 4.70. The molecule has 0 unspecified atom stereocenters. The van der Waals surface area contributed by atoms with Crippen LogP contribution in [0.25, 0.3) is 0 Å². The standard InChI is InChI=1S/C12H13NO4/c1-3-6-13-12(15)17-8-9-4-5-10(14)11(7-9)16-2/h1,4-5,7,14H,6,8H2,2H3,(H,13,15). The fourth-order valence-corrected chi connectivity index (χ4v) is 1.13. The van der Waals surface area contributed by atoms with Crippen molar-refractivity contribution in [3.63, 3.8) is 0 Å². The number of hydrogen-bond acceptors (Lipinski definition) is 4. The summed E-state index contributed by atoms with van der Waals surface area (Å²) in [5, 5.41) is 11.7. The monoisotopic (exact) mass is 235 g/mol. The molecule has 0 aromatic heterocycles. The Hall–Kier alpha value is -2.35. The van der Waals surface area contributed by atoms with Gasteiger partial charge in [0.1, 0.15) is 6.61 Å². The Bertz CT molecular complexity index is 437. The van der Waals surface area contributed by atoms with Gasteiger partial charge in [-0.05, 0) is 17.7 Å². The number of nitrogens with one attached hydrogen (secondary N) is 1. The van der Waals surface area contributed by atoms with E-state index in [0.29, 0.717) is 11.3 Å². The van der Waals surface area contributed by atoms with Crippen LogP contribution in [0.15, 0.2) is 18.2 Å². The first kappa shape index (κ1) is 12.7. The number of phenols is 1. The van der Waals surface area contributed by atoms with Crippen molar-refractivity contribution in [1.29, 1.82) is 0 Å². The van der Waals surface area contributed by atoms with Crippen LogP contribution in [0.3, 0.4) is 0 Å². The van der Waals surface area contributed by atoms with E-state index in [1.54, 1.807) is 12.1 Å². The lowest BCUT2D eigenvalue weighted by Gasteiger charge is -2.07. The van der Waals surface area contributed by atoms with Gasteiger partial charge in [-0.15, -0.1) is 6.42 Å². The second-order valence-electron chi connectivity index (χ2n) is 3.14. The van der Waals surface area contributed by atoms with Gasteiger partial charge in [0, 0.05) is 0 Å². The molecule has 1 aromatic rings. The molecule has 0 saturated heterocycles. The number of carbonyl (C=O) groups is 1. The minimum atomic E-state index is -0.588. The molecule has 0 radical (unpaired) electrons. The highest BCUT2D eigenvalue weighted by molar-refractivity contribution is 5.67. The Labute approximate surface area is 99.4 Å². The van der Waals surface area contributed by atoms with Crippen LogP contribution in [-0.4, -0.2) is 24.9 Å². The lowest BCUT2D eigenvalue weighted by atomic mass is 10.2. The van der Waals surface area contributed by atoms with E-state index in [2.05, 4.69) is 11.2 Å². The molecule has 0 aliphatic rings. The van der Waals surface area contributed by atoms with Crippen molar-refractivity contribution in [2.75, 3.05) is 13.7 Å². The van der Waals surface area contributed by atoms with Crippen molar-refractivity contribution >= 4 is 6.09 Å². The van der Waals surface area contributed by atoms with E-state index in [1.165, 1.54) is 13.2 Å². The maximum Gasteiger partial charge on any atom is 0.408 e. The first-order valence-corrected chi connectivity index (χ1v) is 4.87. The molecule has 0 spiro atoms. The molecule has 90 valence electrons. The van der Waals surface area contributed by atoms with E-state index in [-0.39, 0.29) is 18.9 Å². The molecule has 5 nitrogen and oxygen atoms in total. The quantitative estimate of drug-likeness (QED) is 0.771. The van der Waals surface area contributed by atoms with Crippen LogP contribution in [0.4, 0.5) is 4.79 Å². The molecule has 1 aromatic carbocycles. The van der Waals surface area contributed by atoms with Crippen LogP contribution in [0, 0.1) is 12.3 Å². The molecule has 17 heavy (non-hydrogen) atoms. The van der Waals surface area contributed by atoms with Crippen LogP contribution in [0.2, 0.25) is 0 Å². The van der Waals surface area contributed by atoms with Crippen molar-refractivity contribution in [3.05, 3.63) is 23.8 Å². The van der Waals surface area contributed by atoms with Crippen molar-refractivity contribution in [1.82, 2.24) is 5.32 Å². The summed E-state index contributed by atoms with van der Waals surface area (Å²) in [5.74, 6) is 2.62. The largest absolute Gasteiger partial charge is 0.504 e. The predicted octanol–water partition coefficient (Wildman–Crippen LogP) is 1.26. The van der Waals surface area contributed by atoms with E-state index in [9.17, 15) is 9.90 Å². The smallest absolute Gasteiger partial charge is 0.408 e. The van der Waals surface area contributed by atoms with Gasteiger partial charge in [0.2, 0.25) is 0 Å². The number of benzene rings is 1. The summed E-state index contributed by atoms with van der Waals surface area (Å²) in [6, 6.07) is 4.69. The number of rotatable bonds is 4. The lowest BCUT2D eigenvalue weighted by molar-refractivity contribution is 0.141. The highest BCUT2D eigenvalue weighted by Crippen LogP contribution is 2.26. The number of amides is 1. The molecule has 2 N–H and O–H groups in total. The van der Waals surface area contributed by atoms with Gasteiger partial charge in [-0.3, -0.25) is 0 Å². The van der Waals surface area contributed by atoms with Crippen molar-refractivity contribution in [2.24, 2.45) is 0 Å². The average Bonchev–Trinajstić information content (AvgIpc) is 2.35. The molecule has 0 atom stereocenters. The van der Waals surface area contributed by atoms with Gasteiger partial charge in [0.15, 0.2) is 11.5 Å². The molecule has 5 heteroatoms. The maximum atomic E-state index is 11.1. The molecule has 0 aliphatic heterocycles. The van der Waals surface area contributed by atoms with E-state index >= 15 is 0 Å². The average molecular weight is 235 g/mol. The van der Waals surface area contributed by atoms with Gasteiger partial charge in [0.25, 0.3) is 0 Å². The lowest BCUT2D eigenvalue weighted by Crippen LogP contribution is -2.24. The van der Waals surface area contributed by atoms with E-state index in [4.69, 9.17) is 15.9 Å². The number of aromatic hydroxyl groups is 1. The Morgan fingerprint density at radius 1 is 1.59 bits per heavy atom. The van der Waals surface area contributed by atoms with Crippen LogP contribution >= 0.6 is 0 Å². The molecule has 0 heterocycles. The van der Waals surface area contributed by atoms with Gasteiger partial charge >= 0.3 is 6.09 Å². The Morgan fingerprint density at radius 2 is 2.35 bits per heavy atom. The fourth-order valence-electron chi connectivity index (χ4n) is 1.13. The summed E-state index contributed by atoms with van der Waals surface area (Å²) in [6.07, 6.45) is 4.39. The molecule has 0 bridgehead atoms. The normalized spacial score (nSPS) is 9.18. The van der Waals surface area contributed by atoms with Gasteiger partial charge in [-0.25, -0.2) is 4.79 Å².